The summed E-state index contributed by atoms with van der Waals surface area (Å²) >= 11 is 0. The fourth-order valence-corrected chi connectivity index (χ4v) is 0.126. The maximum atomic E-state index is 10.9. The number of hydrogen-bond donors (Lipinski definition) is 0. The number of rotatable bonds is 2. The Hall–Kier alpha value is 1.45. The van der Waals surface area contributed by atoms with Gasteiger partial charge in [-0.2, -0.15) is 0 Å². The summed E-state index contributed by atoms with van der Waals surface area (Å²) in [4.78, 5) is 0. The van der Waals surface area contributed by atoms with Crippen LogP contribution in [0.1, 0.15) is 0 Å². The Labute approximate surface area is 89.1 Å². The van der Waals surface area contributed by atoms with Crippen molar-refractivity contribution < 1.29 is 69.5 Å². The molecule has 0 unspecified atom stereocenters. The molecule has 0 saturated heterocycles. The van der Waals surface area contributed by atoms with Gasteiger partial charge in [-0.3, -0.25) is 8.63 Å². The molecule has 0 amide bonds. The van der Waals surface area contributed by atoms with E-state index in [1.807, 2.05) is 0 Å². The summed E-state index contributed by atoms with van der Waals surface area (Å²) in [5.74, 6) is 0. The molecule has 0 radical (unpaired) electrons. The standard InChI is InChI=1S/C2H5BF2O.FH.K/c1-6-2-3(4)5;;/h2H2,1H3;1H;/q;;+1/p-1. The van der Waals surface area contributed by atoms with Crippen molar-refractivity contribution in [3.63, 3.8) is 0 Å². The van der Waals surface area contributed by atoms with E-state index in [1.54, 1.807) is 0 Å². The van der Waals surface area contributed by atoms with Gasteiger partial charge in [-0.15, -0.1) is 0 Å². The van der Waals surface area contributed by atoms with Gasteiger partial charge in [-0.05, 0) is 0 Å². The molecule has 0 aliphatic rings. The van der Waals surface area contributed by atoms with Crippen molar-refractivity contribution in [3.8, 4) is 0 Å². The van der Waals surface area contributed by atoms with Gasteiger partial charge < -0.3 is 9.44 Å². The molecular formula is C2H5BF3KO. The van der Waals surface area contributed by atoms with Crippen molar-refractivity contribution in [2.75, 3.05) is 13.6 Å². The van der Waals surface area contributed by atoms with Gasteiger partial charge in [0.15, 0.2) is 0 Å². The normalized spacial score (nSPS) is 6.38. The van der Waals surface area contributed by atoms with E-state index in [0.29, 0.717) is 0 Å². The molecule has 0 aliphatic carbocycles. The van der Waals surface area contributed by atoms with Crippen molar-refractivity contribution in [2.24, 2.45) is 0 Å². The van der Waals surface area contributed by atoms with Gasteiger partial charge in [0.1, 0.15) is 0 Å². The molecule has 1 nitrogen and oxygen atoms in total. The monoisotopic (exact) mass is 152 g/mol. The summed E-state index contributed by atoms with van der Waals surface area (Å²) in [6.45, 7) is -0.458. The first kappa shape index (κ1) is 16.2. The summed E-state index contributed by atoms with van der Waals surface area (Å²) in [5, 5.41) is 0. The molecule has 8 heavy (non-hydrogen) atoms. The molecule has 6 heteroatoms. The van der Waals surface area contributed by atoms with Crippen LogP contribution in [0.15, 0.2) is 0 Å². The number of halogens is 3. The smallest absolute Gasteiger partial charge is 1.00 e. The van der Waals surface area contributed by atoms with Crippen LogP contribution in [-0.4, -0.2) is 20.9 Å². The fourth-order valence-electron chi connectivity index (χ4n) is 0.126. The van der Waals surface area contributed by atoms with Gasteiger partial charge in [-0.1, -0.05) is 0 Å². The number of hydrogen-bond acceptors (Lipinski definition) is 1. The molecule has 0 N–H and O–H groups in total. The molecule has 0 saturated carbocycles. The van der Waals surface area contributed by atoms with Crippen molar-refractivity contribution >= 4 is 7.27 Å². The van der Waals surface area contributed by atoms with E-state index >= 15 is 0 Å². The van der Waals surface area contributed by atoms with Gasteiger partial charge >= 0.3 is 58.7 Å². The maximum absolute atomic E-state index is 10.9. The summed E-state index contributed by atoms with van der Waals surface area (Å²) in [6, 6.07) is 0. The molecule has 0 fully saturated rings. The Bertz CT molecular complexity index is 38.5. The predicted octanol–water partition coefficient (Wildman–Crippen LogP) is -5.39. The molecule has 0 aromatic rings. The SMILES string of the molecule is COCB(F)F.[F-].[K+]. The Balaban J connectivity index is -0.000000125. The molecule has 0 atom stereocenters. The Morgan fingerprint density at radius 1 is 1.50 bits per heavy atom. The Kier molecular flexibility index (Phi) is 22.9. The van der Waals surface area contributed by atoms with E-state index in [1.165, 1.54) is 7.11 Å². The number of methoxy groups -OCH3 is 1. The Morgan fingerprint density at radius 2 is 1.88 bits per heavy atom. The minimum Gasteiger partial charge on any atom is -1.00 e. The van der Waals surface area contributed by atoms with Gasteiger partial charge in [0.2, 0.25) is 0 Å². The predicted molar refractivity (Wildman–Crippen MR) is 19.8 cm³/mol. The second-order valence-electron chi connectivity index (χ2n) is 0.846. The first-order valence-corrected chi connectivity index (χ1v) is 1.54. The van der Waals surface area contributed by atoms with Crippen molar-refractivity contribution in [2.45, 2.75) is 0 Å². The second kappa shape index (κ2) is 11.3. The quantitative estimate of drug-likeness (QED) is 0.359. The molecule has 0 heterocycles. The molecule has 0 bridgehead atoms. The van der Waals surface area contributed by atoms with E-state index in [4.69, 9.17) is 0 Å². The average Bonchev–Trinajstić information content (AvgIpc) is 1.35. The van der Waals surface area contributed by atoms with Crippen LogP contribution < -0.4 is 56.1 Å². The zero-order valence-electron chi connectivity index (χ0n) is 4.83. The summed E-state index contributed by atoms with van der Waals surface area (Å²) in [6.07, 6.45) is 0. The average molecular weight is 152 g/mol. The molecule has 0 rings (SSSR count). The van der Waals surface area contributed by atoms with Gasteiger partial charge in [-0.25, -0.2) is 0 Å². The first-order chi connectivity index (χ1) is 2.77. The molecule has 0 aliphatic heterocycles. The van der Waals surface area contributed by atoms with Gasteiger partial charge in [0, 0.05) is 7.11 Å². The van der Waals surface area contributed by atoms with Crippen LogP contribution in [0.5, 0.6) is 0 Å². The van der Waals surface area contributed by atoms with E-state index in [9.17, 15) is 8.63 Å². The largest absolute Gasteiger partial charge is 1.00 e. The zero-order valence-corrected chi connectivity index (χ0v) is 7.95. The maximum Gasteiger partial charge on any atom is 1.00 e. The van der Waals surface area contributed by atoms with Crippen LogP contribution in [0.2, 0.25) is 0 Å². The van der Waals surface area contributed by atoms with Crippen LogP contribution in [-0.2, 0) is 4.74 Å². The third kappa shape index (κ3) is 15.7. The summed E-state index contributed by atoms with van der Waals surface area (Å²) in [7, 11) is -1.08. The topological polar surface area (TPSA) is 9.23 Å². The number of ether oxygens (including phenoxy) is 1. The van der Waals surface area contributed by atoms with Gasteiger partial charge in [0.05, 0.1) is 6.51 Å². The molecular weight excluding hydrogens is 147 g/mol. The van der Waals surface area contributed by atoms with Gasteiger partial charge in [0.25, 0.3) is 0 Å². The van der Waals surface area contributed by atoms with E-state index in [-0.39, 0.29) is 56.1 Å². The molecule has 44 valence electrons. The van der Waals surface area contributed by atoms with Crippen LogP contribution in [0.4, 0.5) is 8.63 Å². The van der Waals surface area contributed by atoms with E-state index in [0.717, 1.165) is 0 Å². The fraction of sp³-hybridized carbons (Fsp3) is 1.00. The van der Waals surface area contributed by atoms with Crippen LogP contribution in [0.3, 0.4) is 0 Å². The second-order valence-corrected chi connectivity index (χ2v) is 0.846. The van der Waals surface area contributed by atoms with Crippen LogP contribution >= 0.6 is 0 Å². The minimum atomic E-state index is -2.32. The van der Waals surface area contributed by atoms with E-state index < -0.39 is 13.8 Å². The molecule has 0 aromatic carbocycles. The molecule has 0 spiro atoms. The van der Waals surface area contributed by atoms with Crippen molar-refractivity contribution in [3.05, 3.63) is 0 Å². The molecule has 0 aromatic heterocycles. The third-order valence-corrected chi connectivity index (χ3v) is 0.293. The third-order valence-electron chi connectivity index (χ3n) is 0.293. The van der Waals surface area contributed by atoms with Crippen molar-refractivity contribution in [1.29, 1.82) is 0 Å². The summed E-state index contributed by atoms with van der Waals surface area (Å²) < 4.78 is 25.9. The first-order valence-electron chi connectivity index (χ1n) is 1.54. The zero-order chi connectivity index (χ0) is 4.99. The summed E-state index contributed by atoms with van der Waals surface area (Å²) in [5.41, 5.74) is 0. The van der Waals surface area contributed by atoms with Crippen molar-refractivity contribution in [1.82, 2.24) is 0 Å². The Morgan fingerprint density at radius 3 is 1.88 bits per heavy atom. The van der Waals surface area contributed by atoms with Crippen LogP contribution in [0.25, 0.3) is 0 Å². The minimum absolute atomic E-state index is 0. The van der Waals surface area contributed by atoms with E-state index in [2.05, 4.69) is 4.74 Å². The van der Waals surface area contributed by atoms with Crippen LogP contribution in [0, 0.1) is 0 Å².